The lowest BCUT2D eigenvalue weighted by Crippen LogP contribution is -2.61. The summed E-state index contributed by atoms with van der Waals surface area (Å²) in [7, 11) is 1.77. The van der Waals surface area contributed by atoms with Crippen molar-refractivity contribution in [1.29, 1.82) is 0 Å². The minimum atomic E-state index is -0.0470. The van der Waals surface area contributed by atoms with Crippen molar-refractivity contribution >= 4 is 28.1 Å². The molecule has 0 bridgehead atoms. The van der Waals surface area contributed by atoms with Crippen LogP contribution in [0.15, 0.2) is 29.2 Å². The molecule has 2 N–H and O–H groups in total. The Bertz CT molecular complexity index is 786. The van der Waals surface area contributed by atoms with Crippen molar-refractivity contribution in [2.24, 2.45) is 18.4 Å². The predicted molar refractivity (Wildman–Crippen MR) is 90.7 cm³/mol. The highest BCUT2D eigenvalue weighted by molar-refractivity contribution is 6.35. The highest BCUT2D eigenvalue weighted by Crippen LogP contribution is 2.48. The standard InChI is InChI=1S/C17H20ClN3O/c1-21-8-14(12-3-2-4-13(18)15(12)16(21)22)20-7-11-5-17(6-11)9-19-10-17/h2-4,8,11,19-20H,5-7,9-10H2,1H3. The number of nitrogens with one attached hydrogen (secondary N) is 2. The van der Waals surface area contributed by atoms with E-state index >= 15 is 0 Å². The minimum Gasteiger partial charge on any atom is -0.383 e. The molecule has 2 heterocycles. The van der Waals surface area contributed by atoms with E-state index in [0.717, 1.165) is 23.5 Å². The van der Waals surface area contributed by atoms with E-state index in [-0.39, 0.29) is 5.56 Å². The molecule has 4 rings (SSSR count). The zero-order chi connectivity index (χ0) is 15.3. The van der Waals surface area contributed by atoms with Crippen LogP contribution in [-0.4, -0.2) is 24.2 Å². The molecule has 5 heteroatoms. The van der Waals surface area contributed by atoms with Gasteiger partial charge in [-0.3, -0.25) is 4.79 Å². The van der Waals surface area contributed by atoms with Gasteiger partial charge in [0.05, 0.1) is 16.1 Å². The first-order valence-electron chi connectivity index (χ1n) is 7.80. The molecule has 0 atom stereocenters. The summed E-state index contributed by atoms with van der Waals surface area (Å²) in [5, 5.41) is 8.93. The van der Waals surface area contributed by atoms with Gasteiger partial charge in [0.2, 0.25) is 0 Å². The van der Waals surface area contributed by atoms with Crippen LogP contribution in [0.25, 0.3) is 10.8 Å². The lowest BCUT2D eigenvalue weighted by atomic mass is 9.58. The van der Waals surface area contributed by atoms with Crippen LogP contribution in [0, 0.1) is 11.3 Å². The molecular formula is C17H20ClN3O. The third-order valence-electron chi connectivity index (χ3n) is 5.19. The fourth-order valence-corrected chi connectivity index (χ4v) is 4.19. The normalized spacial score (nSPS) is 19.9. The Hall–Kier alpha value is -1.52. The molecule has 22 heavy (non-hydrogen) atoms. The smallest absolute Gasteiger partial charge is 0.259 e. The van der Waals surface area contributed by atoms with E-state index in [1.807, 2.05) is 18.3 Å². The van der Waals surface area contributed by atoms with Crippen molar-refractivity contribution in [2.75, 3.05) is 25.0 Å². The van der Waals surface area contributed by atoms with E-state index < -0.39 is 0 Å². The van der Waals surface area contributed by atoms with Gasteiger partial charge in [0.25, 0.3) is 5.56 Å². The molecule has 0 amide bonds. The molecule has 2 fully saturated rings. The Morgan fingerprint density at radius 1 is 1.41 bits per heavy atom. The van der Waals surface area contributed by atoms with Crippen LogP contribution in [0.5, 0.6) is 0 Å². The summed E-state index contributed by atoms with van der Waals surface area (Å²) in [6.45, 7) is 3.32. The first-order chi connectivity index (χ1) is 10.6. The zero-order valence-electron chi connectivity index (χ0n) is 12.7. The number of pyridine rings is 1. The molecule has 1 aliphatic heterocycles. The maximum Gasteiger partial charge on any atom is 0.259 e. The average Bonchev–Trinajstić information content (AvgIpc) is 2.40. The predicted octanol–water partition coefficient (Wildman–Crippen LogP) is 2.60. The first kappa shape index (κ1) is 14.1. The van der Waals surface area contributed by atoms with Crippen molar-refractivity contribution < 1.29 is 0 Å². The second kappa shape index (κ2) is 5.00. The van der Waals surface area contributed by atoms with Gasteiger partial charge in [-0.25, -0.2) is 0 Å². The van der Waals surface area contributed by atoms with Crippen LogP contribution in [0.1, 0.15) is 12.8 Å². The van der Waals surface area contributed by atoms with E-state index in [1.54, 1.807) is 17.7 Å². The van der Waals surface area contributed by atoms with Crippen LogP contribution in [0.4, 0.5) is 5.69 Å². The second-order valence-corrected chi connectivity index (χ2v) is 7.29. The maximum absolute atomic E-state index is 12.3. The number of hydrogen-bond acceptors (Lipinski definition) is 3. The summed E-state index contributed by atoms with van der Waals surface area (Å²) < 4.78 is 1.61. The molecule has 1 spiro atoms. The Morgan fingerprint density at radius 2 is 2.18 bits per heavy atom. The number of aryl methyl sites for hydroxylation is 1. The van der Waals surface area contributed by atoms with Crippen LogP contribution in [-0.2, 0) is 7.05 Å². The van der Waals surface area contributed by atoms with Crippen LogP contribution in [0.2, 0.25) is 5.02 Å². The maximum atomic E-state index is 12.3. The minimum absolute atomic E-state index is 0.0470. The summed E-state index contributed by atoms with van der Waals surface area (Å²) in [5.41, 5.74) is 1.54. The van der Waals surface area contributed by atoms with Crippen molar-refractivity contribution in [3.63, 3.8) is 0 Å². The Kier molecular flexibility index (Phi) is 3.20. The molecule has 116 valence electrons. The molecular weight excluding hydrogens is 298 g/mol. The number of benzene rings is 1. The lowest BCUT2D eigenvalue weighted by Gasteiger charge is -2.54. The first-order valence-corrected chi connectivity index (χ1v) is 8.18. The third kappa shape index (κ3) is 2.13. The largest absolute Gasteiger partial charge is 0.383 e. The van der Waals surface area contributed by atoms with Gasteiger partial charge in [0.1, 0.15) is 0 Å². The number of fused-ring (bicyclic) bond motifs is 1. The van der Waals surface area contributed by atoms with Crippen LogP contribution in [0.3, 0.4) is 0 Å². The Labute approximate surface area is 134 Å². The van der Waals surface area contributed by atoms with Crippen molar-refractivity contribution in [3.8, 4) is 0 Å². The number of hydrogen-bond donors (Lipinski definition) is 2. The molecule has 2 aromatic rings. The summed E-state index contributed by atoms with van der Waals surface area (Å²) in [6.07, 6.45) is 4.48. The third-order valence-corrected chi connectivity index (χ3v) is 5.50. The summed E-state index contributed by atoms with van der Waals surface area (Å²) >= 11 is 6.22. The molecule has 0 radical (unpaired) electrons. The number of anilines is 1. The van der Waals surface area contributed by atoms with Gasteiger partial charge in [0.15, 0.2) is 0 Å². The van der Waals surface area contributed by atoms with Gasteiger partial charge in [-0.05, 0) is 30.2 Å². The average molecular weight is 318 g/mol. The quantitative estimate of drug-likeness (QED) is 0.914. The fourth-order valence-electron chi connectivity index (χ4n) is 3.94. The number of rotatable bonds is 3. The summed E-state index contributed by atoms with van der Waals surface area (Å²) in [5.74, 6) is 0.730. The molecule has 1 aromatic carbocycles. The van der Waals surface area contributed by atoms with E-state index in [9.17, 15) is 4.79 Å². The van der Waals surface area contributed by atoms with E-state index in [4.69, 9.17) is 11.6 Å². The fraction of sp³-hybridized carbons (Fsp3) is 0.471. The Balaban J connectivity index is 1.58. The molecule has 1 aliphatic carbocycles. The molecule has 0 unspecified atom stereocenters. The molecule has 4 nitrogen and oxygen atoms in total. The van der Waals surface area contributed by atoms with Gasteiger partial charge in [-0.2, -0.15) is 0 Å². The van der Waals surface area contributed by atoms with Crippen molar-refractivity contribution in [3.05, 3.63) is 39.8 Å². The topological polar surface area (TPSA) is 46.1 Å². The SMILES string of the molecule is Cn1cc(NCC2CC3(CNC3)C2)c2cccc(Cl)c2c1=O. The van der Waals surface area contributed by atoms with E-state index in [2.05, 4.69) is 10.6 Å². The van der Waals surface area contributed by atoms with Crippen LogP contribution >= 0.6 is 11.6 Å². The highest BCUT2D eigenvalue weighted by atomic mass is 35.5. The molecule has 1 saturated carbocycles. The number of halogens is 1. The zero-order valence-corrected chi connectivity index (χ0v) is 13.4. The van der Waals surface area contributed by atoms with Crippen molar-refractivity contribution in [2.45, 2.75) is 12.8 Å². The van der Waals surface area contributed by atoms with Crippen LogP contribution < -0.4 is 16.2 Å². The van der Waals surface area contributed by atoms with Crippen molar-refractivity contribution in [1.82, 2.24) is 9.88 Å². The van der Waals surface area contributed by atoms with Gasteiger partial charge in [-0.15, -0.1) is 0 Å². The van der Waals surface area contributed by atoms with Gasteiger partial charge < -0.3 is 15.2 Å². The van der Waals surface area contributed by atoms with E-state index in [0.29, 0.717) is 15.8 Å². The van der Waals surface area contributed by atoms with Gasteiger partial charge in [-0.1, -0.05) is 23.7 Å². The highest BCUT2D eigenvalue weighted by Gasteiger charge is 2.47. The molecule has 1 saturated heterocycles. The Morgan fingerprint density at radius 3 is 2.86 bits per heavy atom. The lowest BCUT2D eigenvalue weighted by molar-refractivity contribution is 0.00680. The molecule has 1 aromatic heterocycles. The van der Waals surface area contributed by atoms with E-state index in [1.165, 1.54) is 25.9 Å². The monoisotopic (exact) mass is 317 g/mol. The summed E-state index contributed by atoms with van der Waals surface area (Å²) in [4.78, 5) is 12.3. The number of nitrogens with zero attached hydrogens (tertiary/aromatic N) is 1. The van der Waals surface area contributed by atoms with Gasteiger partial charge >= 0.3 is 0 Å². The number of aromatic nitrogens is 1. The van der Waals surface area contributed by atoms with Gasteiger partial charge in [0, 0.05) is 38.3 Å². The molecule has 2 aliphatic rings. The second-order valence-electron chi connectivity index (χ2n) is 6.88. The summed E-state index contributed by atoms with van der Waals surface area (Å²) in [6, 6.07) is 5.63.